The van der Waals surface area contributed by atoms with Gasteiger partial charge in [0.15, 0.2) is 5.82 Å². The predicted molar refractivity (Wildman–Crippen MR) is 73.2 cm³/mol. The van der Waals surface area contributed by atoms with E-state index in [-0.39, 0.29) is 0 Å². The second kappa shape index (κ2) is 6.45. The molecule has 5 nitrogen and oxygen atoms in total. The molecule has 0 spiro atoms. The smallest absolute Gasteiger partial charge is 0.209 e. The summed E-state index contributed by atoms with van der Waals surface area (Å²) in [5.41, 5.74) is 0.960. The number of hydrogen-bond acceptors (Lipinski definition) is 5. The first kappa shape index (κ1) is 13.7. The number of nitrogens with one attached hydrogen (secondary N) is 1. The lowest BCUT2D eigenvalue weighted by Crippen LogP contribution is -1.97. The van der Waals surface area contributed by atoms with Crippen molar-refractivity contribution in [3.63, 3.8) is 0 Å². The van der Waals surface area contributed by atoms with Crippen LogP contribution in [0.3, 0.4) is 0 Å². The molecule has 0 fully saturated rings. The van der Waals surface area contributed by atoms with Crippen molar-refractivity contribution in [2.24, 2.45) is 0 Å². The molecule has 0 atom stereocenters. The summed E-state index contributed by atoms with van der Waals surface area (Å²) in [4.78, 5) is 4.20. The highest BCUT2D eigenvalue weighted by atomic mass is 35.5. The predicted octanol–water partition coefficient (Wildman–Crippen LogP) is 2.96. The van der Waals surface area contributed by atoms with Gasteiger partial charge in [-0.2, -0.15) is 5.26 Å². The summed E-state index contributed by atoms with van der Waals surface area (Å²) in [5, 5.41) is 16.5. The summed E-state index contributed by atoms with van der Waals surface area (Å²) >= 11 is 7.22. The lowest BCUT2D eigenvalue weighted by molar-refractivity contribution is 0.296. The van der Waals surface area contributed by atoms with Gasteiger partial charge in [-0.1, -0.05) is 23.4 Å². The standard InChI is InChI=1S/C12H11ClN4OS/c1-8-6-9(2-3-10(8)13)18-7-11-15-12(17-16-11)19-5-4-14/h2-3,6H,5,7H2,1H3,(H,15,16,17). The summed E-state index contributed by atoms with van der Waals surface area (Å²) in [7, 11) is 0. The average molecular weight is 295 g/mol. The van der Waals surface area contributed by atoms with Gasteiger partial charge in [0.25, 0.3) is 0 Å². The molecule has 1 aromatic heterocycles. The van der Waals surface area contributed by atoms with Gasteiger partial charge in [-0.05, 0) is 30.7 Å². The number of benzene rings is 1. The monoisotopic (exact) mass is 294 g/mol. The topological polar surface area (TPSA) is 74.6 Å². The van der Waals surface area contributed by atoms with Crippen LogP contribution in [0.1, 0.15) is 11.4 Å². The molecule has 2 rings (SSSR count). The van der Waals surface area contributed by atoms with Crippen LogP contribution in [0.15, 0.2) is 23.4 Å². The zero-order chi connectivity index (χ0) is 13.7. The molecule has 0 amide bonds. The second-order valence-electron chi connectivity index (χ2n) is 3.71. The maximum atomic E-state index is 8.46. The number of hydrogen-bond donors (Lipinski definition) is 1. The normalized spacial score (nSPS) is 10.2. The number of nitriles is 1. The van der Waals surface area contributed by atoms with Gasteiger partial charge in [0.2, 0.25) is 5.16 Å². The maximum absolute atomic E-state index is 8.46. The minimum atomic E-state index is 0.293. The molecule has 0 unspecified atom stereocenters. The minimum Gasteiger partial charge on any atom is -0.486 e. The highest BCUT2D eigenvalue weighted by molar-refractivity contribution is 7.99. The van der Waals surface area contributed by atoms with E-state index in [0.29, 0.717) is 28.4 Å². The van der Waals surface area contributed by atoms with E-state index in [0.717, 1.165) is 11.3 Å². The third-order valence-electron chi connectivity index (χ3n) is 2.28. The molecule has 1 aromatic carbocycles. The Morgan fingerprint density at radius 2 is 2.37 bits per heavy atom. The van der Waals surface area contributed by atoms with E-state index in [9.17, 15) is 0 Å². The van der Waals surface area contributed by atoms with Crippen LogP contribution in [0.5, 0.6) is 5.75 Å². The Morgan fingerprint density at radius 3 is 3.11 bits per heavy atom. The fourth-order valence-electron chi connectivity index (χ4n) is 1.36. The van der Waals surface area contributed by atoms with E-state index < -0.39 is 0 Å². The van der Waals surface area contributed by atoms with Gasteiger partial charge in [-0.3, -0.25) is 5.10 Å². The molecular formula is C12H11ClN4OS. The van der Waals surface area contributed by atoms with E-state index >= 15 is 0 Å². The number of halogens is 1. The number of nitrogens with zero attached hydrogens (tertiary/aromatic N) is 3. The van der Waals surface area contributed by atoms with Crippen molar-refractivity contribution in [3.05, 3.63) is 34.6 Å². The van der Waals surface area contributed by atoms with Crippen LogP contribution < -0.4 is 4.74 Å². The third-order valence-corrected chi connectivity index (χ3v) is 3.42. The molecule has 2 aromatic rings. The molecule has 98 valence electrons. The van der Waals surface area contributed by atoms with Gasteiger partial charge < -0.3 is 4.74 Å². The summed E-state index contributed by atoms with van der Waals surface area (Å²) in [6.45, 7) is 2.21. The first-order chi connectivity index (χ1) is 9.19. The van der Waals surface area contributed by atoms with Crippen LogP contribution >= 0.6 is 23.4 Å². The van der Waals surface area contributed by atoms with E-state index in [4.69, 9.17) is 21.6 Å². The molecule has 0 aliphatic carbocycles. The number of aromatic amines is 1. The Balaban J connectivity index is 1.93. The van der Waals surface area contributed by atoms with Crippen LogP contribution in [0.4, 0.5) is 0 Å². The molecule has 1 N–H and O–H groups in total. The van der Waals surface area contributed by atoms with Gasteiger partial charge >= 0.3 is 0 Å². The molecule has 0 radical (unpaired) electrons. The van der Waals surface area contributed by atoms with Crippen molar-refractivity contribution in [2.75, 3.05) is 5.75 Å². The molecule has 0 saturated carbocycles. The zero-order valence-corrected chi connectivity index (χ0v) is 11.8. The molecule has 1 heterocycles. The maximum Gasteiger partial charge on any atom is 0.209 e. The highest BCUT2D eigenvalue weighted by Crippen LogP contribution is 2.21. The van der Waals surface area contributed by atoms with Crippen molar-refractivity contribution >= 4 is 23.4 Å². The number of rotatable bonds is 5. The lowest BCUT2D eigenvalue weighted by atomic mass is 10.2. The van der Waals surface area contributed by atoms with Gasteiger partial charge in [0.05, 0.1) is 11.8 Å². The van der Waals surface area contributed by atoms with Gasteiger partial charge in [0, 0.05) is 5.02 Å². The number of aryl methyl sites for hydroxylation is 1. The fraction of sp³-hybridized carbons (Fsp3) is 0.250. The molecular weight excluding hydrogens is 284 g/mol. The largest absolute Gasteiger partial charge is 0.486 e. The fourth-order valence-corrected chi connectivity index (χ4v) is 1.96. The van der Waals surface area contributed by atoms with E-state index in [1.54, 1.807) is 12.1 Å². The van der Waals surface area contributed by atoms with E-state index in [1.807, 2.05) is 19.1 Å². The third kappa shape index (κ3) is 3.88. The van der Waals surface area contributed by atoms with Crippen LogP contribution in [-0.4, -0.2) is 20.9 Å². The van der Waals surface area contributed by atoms with Crippen molar-refractivity contribution in [1.82, 2.24) is 15.2 Å². The second-order valence-corrected chi connectivity index (χ2v) is 5.06. The highest BCUT2D eigenvalue weighted by Gasteiger charge is 2.05. The lowest BCUT2D eigenvalue weighted by Gasteiger charge is -2.05. The Morgan fingerprint density at radius 1 is 1.53 bits per heavy atom. The average Bonchev–Trinajstić information content (AvgIpc) is 2.86. The number of ether oxygens (including phenoxy) is 1. The van der Waals surface area contributed by atoms with Gasteiger partial charge in [-0.15, -0.1) is 5.10 Å². The van der Waals surface area contributed by atoms with Crippen LogP contribution in [0, 0.1) is 18.3 Å². The zero-order valence-electron chi connectivity index (χ0n) is 10.2. The first-order valence-corrected chi connectivity index (χ1v) is 6.85. The Labute approximate surface area is 119 Å². The van der Waals surface area contributed by atoms with Gasteiger partial charge in [0.1, 0.15) is 12.4 Å². The molecule has 0 saturated heterocycles. The SMILES string of the molecule is Cc1cc(OCc2nc(SCC#N)n[nH]2)ccc1Cl. The summed E-state index contributed by atoms with van der Waals surface area (Å²) in [5.74, 6) is 1.67. The molecule has 7 heteroatoms. The van der Waals surface area contributed by atoms with Crippen molar-refractivity contribution < 1.29 is 4.74 Å². The van der Waals surface area contributed by atoms with Crippen molar-refractivity contribution in [3.8, 4) is 11.8 Å². The van der Waals surface area contributed by atoms with Crippen LogP contribution in [0.25, 0.3) is 0 Å². The quantitative estimate of drug-likeness (QED) is 0.858. The van der Waals surface area contributed by atoms with E-state index in [1.165, 1.54) is 11.8 Å². The molecule has 0 aliphatic heterocycles. The number of aromatic nitrogens is 3. The van der Waals surface area contributed by atoms with Gasteiger partial charge in [-0.25, -0.2) is 4.98 Å². The van der Waals surface area contributed by atoms with Crippen LogP contribution in [0.2, 0.25) is 5.02 Å². The Hall–Kier alpha value is -1.71. The number of H-pyrrole nitrogens is 1. The van der Waals surface area contributed by atoms with E-state index in [2.05, 4.69) is 15.2 Å². The molecule has 19 heavy (non-hydrogen) atoms. The minimum absolute atomic E-state index is 0.293. The summed E-state index contributed by atoms with van der Waals surface area (Å²) in [6.07, 6.45) is 0. The van der Waals surface area contributed by atoms with Crippen LogP contribution in [-0.2, 0) is 6.61 Å². The van der Waals surface area contributed by atoms with Crippen molar-refractivity contribution in [2.45, 2.75) is 18.7 Å². The number of thioether (sulfide) groups is 1. The molecule has 0 bridgehead atoms. The summed E-state index contributed by atoms with van der Waals surface area (Å²) in [6, 6.07) is 7.48. The van der Waals surface area contributed by atoms with Crippen molar-refractivity contribution in [1.29, 1.82) is 5.26 Å². The first-order valence-electron chi connectivity index (χ1n) is 5.49. The summed E-state index contributed by atoms with van der Waals surface area (Å²) < 4.78 is 5.58. The Kier molecular flexibility index (Phi) is 4.66. The molecule has 0 aliphatic rings. The Bertz CT molecular complexity index is 608.